The van der Waals surface area contributed by atoms with E-state index < -0.39 is 0 Å². The van der Waals surface area contributed by atoms with Crippen LogP contribution in [0.5, 0.6) is 0 Å². The van der Waals surface area contributed by atoms with Crippen molar-refractivity contribution in [2.24, 2.45) is 0 Å². The summed E-state index contributed by atoms with van der Waals surface area (Å²) in [6, 6.07) is 10.8. The molecule has 0 spiro atoms. The Bertz CT molecular complexity index is 412. The third kappa shape index (κ3) is 4.11. The molecular formula is C11H11Cl2SiZr-. The average Bonchev–Trinajstić information content (AvgIpc) is 2.47. The van der Waals surface area contributed by atoms with Gasteiger partial charge < -0.3 is 24.8 Å². The van der Waals surface area contributed by atoms with Gasteiger partial charge in [0.1, 0.15) is 0 Å². The fraction of sp³-hybridized carbons (Fsp3) is 0.182. The number of halogens is 2. The molecule has 2 aromatic rings. The Morgan fingerprint density at radius 1 is 1.07 bits per heavy atom. The number of fused-ring (bicyclic) bond motifs is 1. The minimum absolute atomic E-state index is 0. The Hall–Kier alpha value is 0.510. The summed E-state index contributed by atoms with van der Waals surface area (Å²) in [5, 5.41) is 2.76. The molecule has 0 aliphatic rings. The van der Waals surface area contributed by atoms with Crippen molar-refractivity contribution in [3.05, 3.63) is 41.5 Å². The van der Waals surface area contributed by atoms with Gasteiger partial charge in [0.2, 0.25) is 0 Å². The zero-order valence-corrected chi connectivity index (χ0v) is 13.6. The molecule has 4 heteroatoms. The third-order valence-corrected chi connectivity index (χ3v) is 2.33. The van der Waals surface area contributed by atoms with E-state index in [1.807, 2.05) is 0 Å². The molecule has 0 amide bonds. The number of rotatable bonds is 0. The number of hydrogen-bond acceptors (Lipinski definition) is 0. The molecule has 78 valence electrons. The standard InChI is InChI=1S/C11H11.2ClH.Si.Zr/c1-8-7-10-5-3-4-6-11(10)9(8)2;;;;/h3-7H,1-2H3;2*1H;;/q-1;;;;+2/p-2. The van der Waals surface area contributed by atoms with E-state index >= 15 is 0 Å². The van der Waals surface area contributed by atoms with Crippen molar-refractivity contribution in [1.29, 1.82) is 0 Å². The summed E-state index contributed by atoms with van der Waals surface area (Å²) in [4.78, 5) is 0. The molecule has 2 rings (SSSR count). The minimum atomic E-state index is 0. The van der Waals surface area contributed by atoms with Crippen molar-refractivity contribution >= 4 is 17.7 Å². The molecule has 0 N–H and O–H groups in total. The van der Waals surface area contributed by atoms with E-state index in [1.165, 1.54) is 45.2 Å². The van der Waals surface area contributed by atoms with E-state index in [-0.39, 0.29) is 24.8 Å². The summed E-state index contributed by atoms with van der Waals surface area (Å²) in [7, 11) is 0. The van der Waals surface area contributed by atoms with Gasteiger partial charge in [0.25, 0.3) is 0 Å². The Kier molecular flexibility index (Phi) is 10.3. The summed E-state index contributed by atoms with van der Waals surface area (Å²) in [6.45, 7) is 7.40. The molecule has 0 aliphatic carbocycles. The first-order valence-electron chi connectivity index (χ1n) is 4.15. The van der Waals surface area contributed by atoms with Crippen molar-refractivity contribution in [2.45, 2.75) is 13.8 Å². The van der Waals surface area contributed by atoms with Gasteiger partial charge >= 0.3 is 30.2 Å². The Morgan fingerprint density at radius 2 is 1.60 bits per heavy atom. The van der Waals surface area contributed by atoms with Gasteiger partial charge in [-0.2, -0.15) is 5.56 Å². The van der Waals surface area contributed by atoms with E-state index in [9.17, 15) is 0 Å². The Morgan fingerprint density at radius 3 is 2.13 bits per heavy atom. The third-order valence-electron chi connectivity index (χ3n) is 2.33. The van der Waals surface area contributed by atoms with Crippen LogP contribution in [0, 0.1) is 13.8 Å². The van der Waals surface area contributed by atoms with E-state index in [0.29, 0.717) is 0 Å². The fourth-order valence-electron chi connectivity index (χ4n) is 1.52. The summed E-state index contributed by atoms with van der Waals surface area (Å²) < 4.78 is 0. The van der Waals surface area contributed by atoms with E-state index in [1.54, 1.807) is 0 Å². The molecule has 0 fully saturated rings. The first kappa shape index (κ1) is 17.9. The van der Waals surface area contributed by atoms with Gasteiger partial charge in [-0.15, -0.1) is 40.6 Å². The molecule has 0 unspecified atom stereocenters. The predicted molar refractivity (Wildman–Crippen MR) is 54.8 cm³/mol. The van der Waals surface area contributed by atoms with Gasteiger partial charge in [0.05, 0.1) is 0 Å². The SMILES string of the molecule is Cc1[cH-]c2ccccc2c1C.[Cl-].[Cl-].[Si]=[Zr+2]. The fourth-order valence-corrected chi connectivity index (χ4v) is 1.52. The second kappa shape index (κ2) is 8.64. The van der Waals surface area contributed by atoms with E-state index in [4.69, 9.17) is 0 Å². The van der Waals surface area contributed by atoms with Crippen LogP contribution in [0.15, 0.2) is 30.3 Å². The van der Waals surface area contributed by atoms with Crippen LogP contribution in [0.2, 0.25) is 0 Å². The van der Waals surface area contributed by atoms with Crippen molar-refractivity contribution in [1.82, 2.24) is 0 Å². The quantitative estimate of drug-likeness (QED) is 0.352. The maximum absolute atomic E-state index is 3.06. The van der Waals surface area contributed by atoms with Gasteiger partial charge in [0, 0.05) is 0 Å². The molecule has 15 heavy (non-hydrogen) atoms. The Labute approximate surface area is 120 Å². The number of benzene rings is 1. The number of hydrogen-bond donors (Lipinski definition) is 0. The predicted octanol–water partition coefficient (Wildman–Crippen LogP) is -3.20. The molecule has 0 nitrogen and oxygen atoms in total. The van der Waals surface area contributed by atoms with Crippen molar-refractivity contribution in [2.75, 3.05) is 0 Å². The summed E-state index contributed by atoms with van der Waals surface area (Å²) in [6.07, 6.45) is 0. The molecule has 0 aromatic heterocycles. The van der Waals surface area contributed by atoms with Crippen LogP contribution in [-0.4, -0.2) is 6.88 Å². The van der Waals surface area contributed by atoms with Crippen LogP contribution in [0.1, 0.15) is 11.1 Å². The molecule has 2 aromatic carbocycles. The van der Waals surface area contributed by atoms with Crippen LogP contribution < -0.4 is 24.8 Å². The molecule has 0 bridgehead atoms. The van der Waals surface area contributed by atoms with Crippen LogP contribution in [0.3, 0.4) is 0 Å². The molecule has 0 atom stereocenters. The zero-order valence-electron chi connectivity index (χ0n) is 8.64. The first-order valence-corrected chi connectivity index (χ1v) is 8.34. The maximum atomic E-state index is 3.06. The summed E-state index contributed by atoms with van der Waals surface area (Å²) >= 11 is 1.36. The van der Waals surface area contributed by atoms with E-state index in [2.05, 4.69) is 51.1 Å². The number of aryl methyl sites for hydroxylation is 2. The van der Waals surface area contributed by atoms with Crippen LogP contribution in [0.25, 0.3) is 10.8 Å². The van der Waals surface area contributed by atoms with Crippen LogP contribution in [0.4, 0.5) is 0 Å². The molecule has 2 radical (unpaired) electrons. The van der Waals surface area contributed by atoms with Gasteiger partial charge in [-0.05, 0) is 0 Å². The second-order valence-electron chi connectivity index (χ2n) is 3.04. The summed E-state index contributed by atoms with van der Waals surface area (Å²) in [5.41, 5.74) is 2.81. The van der Waals surface area contributed by atoms with Gasteiger partial charge in [0.15, 0.2) is 0 Å². The Balaban J connectivity index is 0. The van der Waals surface area contributed by atoms with Crippen molar-refractivity contribution in [3.63, 3.8) is 0 Å². The topological polar surface area (TPSA) is 0 Å². The van der Waals surface area contributed by atoms with Crippen LogP contribution in [-0.2, 0) is 23.3 Å². The molecule has 0 saturated carbocycles. The molecular weight excluding hydrogens is 322 g/mol. The second-order valence-corrected chi connectivity index (χ2v) is 3.04. The van der Waals surface area contributed by atoms with Gasteiger partial charge in [-0.1, -0.05) is 19.9 Å². The normalized spacial score (nSPS) is 8.27. The molecule has 0 heterocycles. The summed E-state index contributed by atoms with van der Waals surface area (Å²) in [5.74, 6) is 0. The average molecular weight is 333 g/mol. The van der Waals surface area contributed by atoms with Crippen molar-refractivity contribution in [3.8, 4) is 0 Å². The van der Waals surface area contributed by atoms with Crippen LogP contribution >= 0.6 is 0 Å². The van der Waals surface area contributed by atoms with Crippen molar-refractivity contribution < 1.29 is 48.1 Å². The van der Waals surface area contributed by atoms with E-state index in [0.717, 1.165) is 0 Å². The molecule has 0 aliphatic heterocycles. The zero-order chi connectivity index (χ0) is 9.84. The van der Waals surface area contributed by atoms with Gasteiger partial charge in [-0.25, -0.2) is 0 Å². The molecule has 0 saturated heterocycles. The first-order chi connectivity index (χ1) is 6.29. The van der Waals surface area contributed by atoms with Gasteiger partial charge in [-0.3, -0.25) is 0 Å². The monoisotopic (exact) mass is 331 g/mol.